The number of aryl methyl sites for hydroxylation is 1. The van der Waals surface area contributed by atoms with E-state index in [4.69, 9.17) is 9.52 Å². The standard InChI is InChI=1S/C17H25N3O2/c1-12-16(13(2)20(18-12)8-9-21)11-19(15-6-7-15)14(3)17-5-4-10-22-17/h4-5,10,14-15,21H,6-9,11H2,1-3H3. The van der Waals surface area contributed by atoms with E-state index in [0.29, 0.717) is 12.6 Å². The molecule has 5 heteroatoms. The van der Waals surface area contributed by atoms with Gasteiger partial charge in [0, 0.05) is 23.8 Å². The summed E-state index contributed by atoms with van der Waals surface area (Å²) in [7, 11) is 0. The van der Waals surface area contributed by atoms with Crippen LogP contribution in [0.3, 0.4) is 0 Å². The van der Waals surface area contributed by atoms with Crippen molar-refractivity contribution < 1.29 is 9.52 Å². The number of nitrogens with zero attached hydrogens (tertiary/aromatic N) is 3. The minimum absolute atomic E-state index is 0.122. The number of hydrogen-bond donors (Lipinski definition) is 1. The van der Waals surface area contributed by atoms with E-state index in [1.165, 1.54) is 18.4 Å². The lowest BCUT2D eigenvalue weighted by Crippen LogP contribution is -2.29. The van der Waals surface area contributed by atoms with E-state index in [1.807, 2.05) is 10.7 Å². The van der Waals surface area contributed by atoms with Crippen molar-refractivity contribution in [1.82, 2.24) is 14.7 Å². The molecule has 0 amide bonds. The summed E-state index contributed by atoms with van der Waals surface area (Å²) < 4.78 is 7.51. The maximum Gasteiger partial charge on any atom is 0.120 e. The highest BCUT2D eigenvalue weighted by molar-refractivity contribution is 5.25. The quantitative estimate of drug-likeness (QED) is 0.854. The molecule has 1 atom stereocenters. The van der Waals surface area contributed by atoms with Crippen molar-refractivity contribution in [3.8, 4) is 0 Å². The van der Waals surface area contributed by atoms with E-state index in [9.17, 15) is 0 Å². The van der Waals surface area contributed by atoms with E-state index in [2.05, 4.69) is 36.8 Å². The first kappa shape index (κ1) is 15.3. The zero-order valence-corrected chi connectivity index (χ0v) is 13.6. The van der Waals surface area contributed by atoms with Crippen LogP contribution in [0.25, 0.3) is 0 Å². The largest absolute Gasteiger partial charge is 0.468 e. The Morgan fingerprint density at radius 2 is 2.23 bits per heavy atom. The van der Waals surface area contributed by atoms with Crippen molar-refractivity contribution in [3.05, 3.63) is 41.1 Å². The first-order valence-corrected chi connectivity index (χ1v) is 8.04. The monoisotopic (exact) mass is 303 g/mol. The molecule has 0 bridgehead atoms. The molecule has 1 saturated carbocycles. The normalized spacial score (nSPS) is 16.4. The Morgan fingerprint density at radius 1 is 1.45 bits per heavy atom. The molecular formula is C17H25N3O2. The van der Waals surface area contributed by atoms with Crippen LogP contribution in [0.5, 0.6) is 0 Å². The molecular weight excluding hydrogens is 278 g/mol. The van der Waals surface area contributed by atoms with Crippen molar-refractivity contribution in [2.45, 2.75) is 58.8 Å². The predicted octanol–water partition coefficient (Wildman–Crippen LogP) is 2.81. The molecule has 5 nitrogen and oxygen atoms in total. The fourth-order valence-corrected chi connectivity index (χ4v) is 3.14. The van der Waals surface area contributed by atoms with Gasteiger partial charge in [-0.1, -0.05) is 0 Å². The first-order valence-electron chi connectivity index (χ1n) is 8.04. The Bertz CT molecular complexity index is 614. The van der Waals surface area contributed by atoms with Crippen LogP contribution in [0.15, 0.2) is 22.8 Å². The Morgan fingerprint density at radius 3 is 2.82 bits per heavy atom. The fourth-order valence-electron chi connectivity index (χ4n) is 3.14. The van der Waals surface area contributed by atoms with E-state index < -0.39 is 0 Å². The molecule has 2 aromatic rings. The molecule has 22 heavy (non-hydrogen) atoms. The van der Waals surface area contributed by atoms with Crippen molar-refractivity contribution >= 4 is 0 Å². The molecule has 2 heterocycles. The van der Waals surface area contributed by atoms with E-state index in [-0.39, 0.29) is 12.6 Å². The lowest BCUT2D eigenvalue weighted by Gasteiger charge is -2.28. The Hall–Kier alpha value is -1.59. The fraction of sp³-hybridized carbons (Fsp3) is 0.588. The lowest BCUT2D eigenvalue weighted by atomic mass is 10.1. The van der Waals surface area contributed by atoms with Crippen LogP contribution in [-0.2, 0) is 13.1 Å². The first-order chi connectivity index (χ1) is 10.6. The summed E-state index contributed by atoms with van der Waals surface area (Å²) in [4.78, 5) is 2.51. The van der Waals surface area contributed by atoms with Gasteiger partial charge in [0.05, 0.1) is 31.2 Å². The molecule has 1 unspecified atom stereocenters. The molecule has 0 aromatic carbocycles. The minimum atomic E-state index is 0.122. The lowest BCUT2D eigenvalue weighted by molar-refractivity contribution is 0.168. The van der Waals surface area contributed by atoms with Gasteiger partial charge >= 0.3 is 0 Å². The topological polar surface area (TPSA) is 54.4 Å². The highest BCUT2D eigenvalue weighted by Crippen LogP contribution is 2.36. The number of aromatic nitrogens is 2. The summed E-state index contributed by atoms with van der Waals surface area (Å²) in [5.41, 5.74) is 3.49. The van der Waals surface area contributed by atoms with Gasteiger partial charge < -0.3 is 9.52 Å². The maximum absolute atomic E-state index is 9.15. The van der Waals surface area contributed by atoms with E-state index >= 15 is 0 Å². The number of furan rings is 1. The molecule has 1 aliphatic carbocycles. The molecule has 3 rings (SSSR count). The van der Waals surface area contributed by atoms with Gasteiger partial charge in [-0.3, -0.25) is 9.58 Å². The van der Waals surface area contributed by atoms with Crippen LogP contribution in [0.1, 0.15) is 48.5 Å². The predicted molar refractivity (Wildman–Crippen MR) is 84.5 cm³/mol. The number of aliphatic hydroxyl groups is 1. The zero-order valence-electron chi connectivity index (χ0n) is 13.6. The van der Waals surface area contributed by atoms with Crippen LogP contribution >= 0.6 is 0 Å². The number of hydrogen-bond acceptors (Lipinski definition) is 4. The van der Waals surface area contributed by atoms with Crippen molar-refractivity contribution in [2.75, 3.05) is 6.61 Å². The van der Waals surface area contributed by atoms with E-state index in [0.717, 1.165) is 23.7 Å². The minimum Gasteiger partial charge on any atom is -0.468 e. The Kier molecular flexibility index (Phi) is 4.36. The summed E-state index contributed by atoms with van der Waals surface area (Å²) >= 11 is 0. The summed E-state index contributed by atoms with van der Waals surface area (Å²) in [6, 6.07) is 4.91. The molecule has 0 spiro atoms. The third kappa shape index (κ3) is 2.96. The van der Waals surface area contributed by atoms with Crippen LogP contribution < -0.4 is 0 Å². The summed E-state index contributed by atoms with van der Waals surface area (Å²) in [5, 5.41) is 13.7. The van der Waals surface area contributed by atoms with Gasteiger partial charge in [0.1, 0.15) is 5.76 Å². The summed E-state index contributed by atoms with van der Waals surface area (Å²) in [6.45, 7) is 7.92. The smallest absolute Gasteiger partial charge is 0.120 e. The molecule has 0 aliphatic heterocycles. The van der Waals surface area contributed by atoms with Crippen LogP contribution in [0, 0.1) is 13.8 Å². The molecule has 120 valence electrons. The van der Waals surface area contributed by atoms with Gasteiger partial charge in [0.15, 0.2) is 0 Å². The third-order valence-corrected chi connectivity index (χ3v) is 4.65. The van der Waals surface area contributed by atoms with Gasteiger partial charge in [-0.05, 0) is 45.7 Å². The maximum atomic E-state index is 9.15. The van der Waals surface area contributed by atoms with Gasteiger partial charge in [-0.25, -0.2) is 0 Å². The van der Waals surface area contributed by atoms with Gasteiger partial charge in [-0.2, -0.15) is 5.10 Å². The molecule has 1 aliphatic rings. The zero-order chi connectivity index (χ0) is 15.7. The molecule has 0 saturated heterocycles. The molecule has 1 N–H and O–H groups in total. The third-order valence-electron chi connectivity index (χ3n) is 4.65. The van der Waals surface area contributed by atoms with Gasteiger partial charge in [0.25, 0.3) is 0 Å². The van der Waals surface area contributed by atoms with Crippen molar-refractivity contribution in [3.63, 3.8) is 0 Å². The Balaban J connectivity index is 1.83. The van der Waals surface area contributed by atoms with Crippen molar-refractivity contribution in [1.29, 1.82) is 0 Å². The number of rotatable bonds is 7. The molecule has 0 radical (unpaired) electrons. The average molecular weight is 303 g/mol. The Labute approximate surface area is 131 Å². The van der Waals surface area contributed by atoms with Gasteiger partial charge in [-0.15, -0.1) is 0 Å². The highest BCUT2D eigenvalue weighted by Gasteiger charge is 2.34. The summed E-state index contributed by atoms with van der Waals surface area (Å²) in [5.74, 6) is 1.02. The second-order valence-electron chi connectivity index (χ2n) is 6.19. The van der Waals surface area contributed by atoms with Gasteiger partial charge in [0.2, 0.25) is 0 Å². The molecule has 2 aromatic heterocycles. The van der Waals surface area contributed by atoms with Crippen LogP contribution in [-0.4, -0.2) is 32.4 Å². The average Bonchev–Trinajstić information content (AvgIpc) is 3.11. The summed E-state index contributed by atoms with van der Waals surface area (Å²) in [6.07, 6.45) is 4.26. The SMILES string of the molecule is Cc1nn(CCO)c(C)c1CN(C1CC1)C(C)c1ccco1. The van der Waals surface area contributed by atoms with Crippen LogP contribution in [0.4, 0.5) is 0 Å². The number of aliphatic hydroxyl groups excluding tert-OH is 1. The second-order valence-corrected chi connectivity index (χ2v) is 6.19. The van der Waals surface area contributed by atoms with Crippen molar-refractivity contribution in [2.24, 2.45) is 0 Å². The second kappa shape index (κ2) is 6.26. The van der Waals surface area contributed by atoms with Crippen LogP contribution in [0.2, 0.25) is 0 Å². The van der Waals surface area contributed by atoms with E-state index in [1.54, 1.807) is 6.26 Å². The highest BCUT2D eigenvalue weighted by atomic mass is 16.3. The molecule has 1 fully saturated rings.